The first-order valence-electron chi connectivity index (χ1n) is 11.2. The molecule has 2 heterocycles. The normalized spacial score (nSPS) is 11.7. The van der Waals surface area contributed by atoms with Gasteiger partial charge < -0.3 is 25.4 Å². The topological polar surface area (TPSA) is 138 Å². The molecule has 0 aliphatic rings. The number of aliphatic hydroxyl groups excluding tert-OH is 2. The van der Waals surface area contributed by atoms with Crippen molar-refractivity contribution in [2.24, 2.45) is 0 Å². The first-order valence-corrected chi connectivity index (χ1v) is 11.2. The minimum Gasteiger partial charge on any atom is -0.394 e. The summed E-state index contributed by atoms with van der Waals surface area (Å²) in [5.41, 5.74) is 4.62. The zero-order valence-corrected chi connectivity index (χ0v) is 19.3. The fourth-order valence-electron chi connectivity index (χ4n) is 3.78. The van der Waals surface area contributed by atoms with Crippen LogP contribution in [0.2, 0.25) is 0 Å². The van der Waals surface area contributed by atoms with Gasteiger partial charge in [-0.3, -0.25) is 4.79 Å². The minimum atomic E-state index is -0.878. The minimum absolute atomic E-state index is 0.168. The molecule has 2 aromatic carbocycles. The number of aromatic amines is 1. The van der Waals surface area contributed by atoms with Crippen LogP contribution in [0.4, 0.5) is 5.95 Å². The fraction of sp³-hybridized carbons (Fsp3) is 0.231. The number of nitrogens with one attached hydrogen (secondary N) is 2. The Morgan fingerprint density at radius 3 is 2.77 bits per heavy atom. The number of hydrogen-bond donors (Lipinski definition) is 4. The Balaban J connectivity index is 1.36. The lowest BCUT2D eigenvalue weighted by molar-refractivity contribution is 0.0954. The van der Waals surface area contributed by atoms with Crippen molar-refractivity contribution in [1.82, 2.24) is 20.3 Å². The van der Waals surface area contributed by atoms with Gasteiger partial charge in [0.15, 0.2) is 0 Å². The second-order valence-electron chi connectivity index (χ2n) is 8.24. The van der Waals surface area contributed by atoms with E-state index < -0.39 is 6.10 Å². The molecule has 0 radical (unpaired) electrons. The number of aromatic nitrogens is 3. The predicted octanol–water partition coefficient (Wildman–Crippen LogP) is 2.26. The van der Waals surface area contributed by atoms with Gasteiger partial charge in [-0.2, -0.15) is 5.26 Å². The van der Waals surface area contributed by atoms with Crippen molar-refractivity contribution >= 4 is 22.8 Å². The van der Waals surface area contributed by atoms with Crippen LogP contribution < -0.4 is 10.2 Å². The number of amides is 1. The van der Waals surface area contributed by atoms with Crippen LogP contribution in [0.3, 0.4) is 0 Å². The Bertz CT molecular complexity index is 1360. The summed E-state index contributed by atoms with van der Waals surface area (Å²) in [5, 5.41) is 31.7. The Hall–Kier alpha value is -4.26. The zero-order chi connectivity index (χ0) is 24.8. The Labute approximate surface area is 202 Å². The number of fused-ring (bicyclic) bond motifs is 1. The molecule has 0 aliphatic heterocycles. The quantitative estimate of drug-likeness (QED) is 0.294. The van der Waals surface area contributed by atoms with Crippen molar-refractivity contribution < 1.29 is 15.0 Å². The van der Waals surface area contributed by atoms with Gasteiger partial charge >= 0.3 is 0 Å². The third-order valence-electron chi connectivity index (χ3n) is 5.69. The van der Waals surface area contributed by atoms with E-state index in [4.69, 9.17) is 5.11 Å². The molecule has 0 fully saturated rings. The van der Waals surface area contributed by atoms with Gasteiger partial charge in [-0.15, -0.1) is 0 Å². The number of carbonyl (C=O) groups excluding carboxylic acids is 1. The lowest BCUT2D eigenvalue weighted by atomic mass is 10.1. The SMILES string of the molecule is CN(CC(O)CO)c1nccc(-c2ccc(C(=O)NCCc3ccc4[nH]cc(C#N)c4c3)cc2)n1. The maximum atomic E-state index is 12.6. The number of benzene rings is 2. The molecule has 1 unspecified atom stereocenters. The zero-order valence-electron chi connectivity index (χ0n) is 19.3. The van der Waals surface area contributed by atoms with Crippen LogP contribution in [0.25, 0.3) is 22.2 Å². The molecule has 0 spiro atoms. The van der Waals surface area contributed by atoms with Gasteiger partial charge in [0.05, 0.1) is 24.0 Å². The Morgan fingerprint density at radius 1 is 1.23 bits per heavy atom. The predicted molar refractivity (Wildman–Crippen MR) is 133 cm³/mol. The van der Waals surface area contributed by atoms with Gasteiger partial charge in [0.1, 0.15) is 6.07 Å². The lowest BCUT2D eigenvalue weighted by Crippen LogP contribution is -2.32. The molecule has 35 heavy (non-hydrogen) atoms. The molecule has 1 amide bonds. The highest BCUT2D eigenvalue weighted by Crippen LogP contribution is 2.21. The second kappa shape index (κ2) is 10.8. The van der Waals surface area contributed by atoms with Crippen molar-refractivity contribution in [3.05, 3.63) is 77.6 Å². The van der Waals surface area contributed by atoms with Crippen LogP contribution in [0.15, 0.2) is 60.9 Å². The standard InChI is InChI=1S/C26H26N6O3/c1-32(15-21(34)16-33)26-29-11-9-23(31-26)18-3-5-19(6-4-18)25(35)28-10-8-17-2-7-24-22(12-17)20(13-27)14-30-24/h2-7,9,11-12,14,21,30,33-34H,8,10,15-16H2,1H3,(H,28,35). The second-order valence-corrected chi connectivity index (χ2v) is 8.24. The van der Waals surface area contributed by atoms with Crippen molar-refractivity contribution in [2.45, 2.75) is 12.5 Å². The molecule has 4 rings (SSSR count). The van der Waals surface area contributed by atoms with E-state index in [9.17, 15) is 15.2 Å². The summed E-state index contributed by atoms with van der Waals surface area (Å²) in [5.74, 6) is 0.259. The molecular weight excluding hydrogens is 444 g/mol. The maximum absolute atomic E-state index is 12.6. The van der Waals surface area contributed by atoms with Crippen LogP contribution >= 0.6 is 0 Å². The summed E-state index contributed by atoms with van der Waals surface area (Å²) in [6.07, 6.45) is 3.10. The smallest absolute Gasteiger partial charge is 0.251 e. The summed E-state index contributed by atoms with van der Waals surface area (Å²) in [7, 11) is 1.74. The van der Waals surface area contributed by atoms with Gasteiger partial charge in [-0.1, -0.05) is 18.2 Å². The fourth-order valence-corrected chi connectivity index (χ4v) is 3.78. The third-order valence-corrected chi connectivity index (χ3v) is 5.69. The molecule has 0 aliphatic carbocycles. The summed E-state index contributed by atoms with van der Waals surface area (Å²) in [6, 6.07) is 17.0. The van der Waals surface area contributed by atoms with Crippen LogP contribution in [-0.4, -0.2) is 63.9 Å². The van der Waals surface area contributed by atoms with E-state index in [1.54, 1.807) is 42.5 Å². The highest BCUT2D eigenvalue weighted by molar-refractivity contribution is 5.94. The van der Waals surface area contributed by atoms with Gasteiger partial charge in [0.25, 0.3) is 5.91 Å². The summed E-state index contributed by atoms with van der Waals surface area (Å²) in [4.78, 5) is 26.1. The number of likely N-dealkylation sites (N-methyl/N-ethyl adjacent to an activating group) is 1. The van der Waals surface area contributed by atoms with Gasteiger partial charge in [0.2, 0.25) is 5.95 Å². The van der Waals surface area contributed by atoms with Gasteiger partial charge in [-0.25, -0.2) is 9.97 Å². The van der Waals surface area contributed by atoms with Crippen molar-refractivity contribution in [3.63, 3.8) is 0 Å². The molecule has 4 aromatic rings. The van der Waals surface area contributed by atoms with Crippen molar-refractivity contribution in [3.8, 4) is 17.3 Å². The highest BCUT2D eigenvalue weighted by atomic mass is 16.3. The number of hydrogen-bond acceptors (Lipinski definition) is 7. The van der Waals surface area contributed by atoms with E-state index in [1.165, 1.54) is 0 Å². The van der Waals surface area contributed by atoms with Crippen LogP contribution in [-0.2, 0) is 6.42 Å². The molecule has 4 N–H and O–H groups in total. The molecule has 178 valence electrons. The molecule has 0 bridgehead atoms. The summed E-state index contributed by atoms with van der Waals surface area (Å²) in [6.45, 7) is 0.342. The van der Waals surface area contributed by atoms with Crippen molar-refractivity contribution in [1.29, 1.82) is 5.26 Å². The van der Waals surface area contributed by atoms with E-state index in [-0.39, 0.29) is 19.1 Å². The Morgan fingerprint density at radius 2 is 2.03 bits per heavy atom. The van der Waals surface area contributed by atoms with E-state index >= 15 is 0 Å². The number of anilines is 1. The van der Waals surface area contributed by atoms with Crippen LogP contribution in [0.1, 0.15) is 21.5 Å². The van der Waals surface area contributed by atoms with Crippen LogP contribution in [0.5, 0.6) is 0 Å². The number of nitriles is 1. The van der Waals surface area contributed by atoms with Gasteiger partial charge in [-0.05, 0) is 42.3 Å². The molecule has 9 nitrogen and oxygen atoms in total. The molecular formula is C26H26N6O3. The molecule has 9 heteroatoms. The van der Waals surface area contributed by atoms with Crippen LogP contribution in [0, 0.1) is 11.3 Å². The monoisotopic (exact) mass is 470 g/mol. The number of rotatable bonds is 9. The highest BCUT2D eigenvalue weighted by Gasteiger charge is 2.12. The first kappa shape index (κ1) is 23.9. The Kier molecular flexibility index (Phi) is 7.35. The first-order chi connectivity index (χ1) is 17.0. The average molecular weight is 471 g/mol. The molecule has 1 atom stereocenters. The lowest BCUT2D eigenvalue weighted by Gasteiger charge is -2.19. The number of nitrogens with zero attached hydrogens (tertiary/aromatic N) is 4. The maximum Gasteiger partial charge on any atom is 0.251 e. The van der Waals surface area contributed by atoms with Gasteiger partial charge in [0, 0.05) is 54.6 Å². The third kappa shape index (κ3) is 5.63. The van der Waals surface area contributed by atoms with E-state index in [0.29, 0.717) is 35.7 Å². The van der Waals surface area contributed by atoms with Crippen molar-refractivity contribution in [2.75, 3.05) is 31.6 Å². The number of aliphatic hydroxyl groups is 2. The molecule has 0 saturated heterocycles. The number of carbonyl (C=O) groups is 1. The van der Waals surface area contributed by atoms with E-state index in [1.807, 2.05) is 30.3 Å². The van der Waals surface area contributed by atoms with E-state index in [0.717, 1.165) is 22.0 Å². The van der Waals surface area contributed by atoms with E-state index in [2.05, 4.69) is 26.3 Å². The molecule has 2 aromatic heterocycles. The number of H-pyrrole nitrogens is 1. The summed E-state index contributed by atoms with van der Waals surface area (Å²) >= 11 is 0. The average Bonchev–Trinajstić information content (AvgIpc) is 3.31. The molecule has 0 saturated carbocycles. The largest absolute Gasteiger partial charge is 0.394 e. The summed E-state index contributed by atoms with van der Waals surface area (Å²) < 4.78 is 0.